The van der Waals surface area contributed by atoms with Gasteiger partial charge in [0.15, 0.2) is 0 Å². The van der Waals surface area contributed by atoms with Crippen molar-refractivity contribution in [3.8, 4) is 0 Å². The van der Waals surface area contributed by atoms with E-state index in [0.717, 1.165) is 43.5 Å². The number of hydrogen-bond donors (Lipinski definition) is 2. The van der Waals surface area contributed by atoms with Crippen LogP contribution in [0.5, 0.6) is 0 Å². The van der Waals surface area contributed by atoms with Crippen LogP contribution in [-0.2, 0) is 12.8 Å². The molecule has 0 atom stereocenters. The number of aromatic amines is 1. The van der Waals surface area contributed by atoms with Crippen LogP contribution in [0.25, 0.3) is 0 Å². The van der Waals surface area contributed by atoms with E-state index in [9.17, 15) is 4.79 Å². The lowest BCUT2D eigenvalue weighted by molar-refractivity contribution is 0.679. The van der Waals surface area contributed by atoms with E-state index in [4.69, 9.17) is 0 Å². The number of aromatic nitrogens is 2. The molecule has 3 rings (SSSR count). The zero-order chi connectivity index (χ0) is 13.1. The Kier molecular flexibility index (Phi) is 3.67. The number of hydrogen-bond acceptors (Lipinski definition) is 3. The van der Waals surface area contributed by atoms with Gasteiger partial charge in [-0.2, -0.15) is 0 Å². The Labute approximate surface area is 113 Å². The van der Waals surface area contributed by atoms with E-state index in [0.29, 0.717) is 5.95 Å². The summed E-state index contributed by atoms with van der Waals surface area (Å²) >= 11 is 0. The molecule has 0 spiro atoms. The van der Waals surface area contributed by atoms with E-state index in [1.54, 1.807) is 5.57 Å². The van der Waals surface area contributed by atoms with Crippen LogP contribution in [0.15, 0.2) is 16.4 Å². The van der Waals surface area contributed by atoms with Gasteiger partial charge in [-0.05, 0) is 51.4 Å². The van der Waals surface area contributed by atoms with Crippen molar-refractivity contribution in [3.63, 3.8) is 0 Å². The number of aryl methyl sites for hydroxylation is 1. The fourth-order valence-electron chi connectivity index (χ4n) is 3.00. The van der Waals surface area contributed by atoms with E-state index >= 15 is 0 Å². The van der Waals surface area contributed by atoms with Gasteiger partial charge < -0.3 is 5.32 Å². The lowest BCUT2D eigenvalue weighted by Gasteiger charge is -2.13. The Morgan fingerprint density at radius 2 is 2.16 bits per heavy atom. The quantitative estimate of drug-likeness (QED) is 0.817. The van der Waals surface area contributed by atoms with Crippen LogP contribution in [0.4, 0.5) is 5.95 Å². The molecule has 2 N–H and O–H groups in total. The SMILES string of the molecule is O=c1[nH]c(NCCC2=CCCCC2)nc2c1CCC2. The highest BCUT2D eigenvalue weighted by Gasteiger charge is 2.16. The highest BCUT2D eigenvalue weighted by molar-refractivity contribution is 5.32. The molecule has 0 aromatic carbocycles. The average Bonchev–Trinajstić information content (AvgIpc) is 2.89. The standard InChI is InChI=1S/C15H21N3O/c19-14-12-7-4-8-13(12)17-15(18-14)16-10-9-11-5-2-1-3-6-11/h5H,1-4,6-10H2,(H2,16,17,18,19). The van der Waals surface area contributed by atoms with Gasteiger partial charge in [0.2, 0.25) is 5.95 Å². The minimum atomic E-state index is 0.0434. The van der Waals surface area contributed by atoms with Crippen LogP contribution in [-0.4, -0.2) is 16.5 Å². The summed E-state index contributed by atoms with van der Waals surface area (Å²) in [6.45, 7) is 0.855. The van der Waals surface area contributed by atoms with Crippen LogP contribution >= 0.6 is 0 Å². The molecule has 0 saturated carbocycles. The van der Waals surface area contributed by atoms with Crippen LogP contribution in [0.3, 0.4) is 0 Å². The number of fused-ring (bicyclic) bond motifs is 1. The van der Waals surface area contributed by atoms with Crippen molar-refractivity contribution in [2.45, 2.75) is 51.4 Å². The van der Waals surface area contributed by atoms with E-state index < -0.39 is 0 Å². The molecule has 0 aliphatic heterocycles. The van der Waals surface area contributed by atoms with Crippen LogP contribution in [0, 0.1) is 0 Å². The molecule has 2 aliphatic rings. The summed E-state index contributed by atoms with van der Waals surface area (Å²) in [5.41, 5.74) is 3.47. The van der Waals surface area contributed by atoms with Crippen molar-refractivity contribution < 1.29 is 0 Å². The molecule has 1 heterocycles. The fourth-order valence-corrected chi connectivity index (χ4v) is 3.00. The second-order valence-electron chi connectivity index (χ2n) is 5.48. The van der Waals surface area contributed by atoms with Crippen LogP contribution < -0.4 is 10.9 Å². The third-order valence-corrected chi connectivity index (χ3v) is 4.07. The van der Waals surface area contributed by atoms with Gasteiger partial charge in [-0.3, -0.25) is 9.78 Å². The van der Waals surface area contributed by atoms with E-state index in [1.807, 2.05) is 0 Å². The van der Waals surface area contributed by atoms with Crippen molar-refractivity contribution >= 4 is 5.95 Å². The predicted molar refractivity (Wildman–Crippen MR) is 76.5 cm³/mol. The molecule has 0 bridgehead atoms. The van der Waals surface area contributed by atoms with Crippen molar-refractivity contribution in [1.29, 1.82) is 0 Å². The van der Waals surface area contributed by atoms with Crippen molar-refractivity contribution in [1.82, 2.24) is 9.97 Å². The average molecular weight is 259 g/mol. The van der Waals surface area contributed by atoms with Gasteiger partial charge in [-0.1, -0.05) is 11.6 Å². The van der Waals surface area contributed by atoms with Gasteiger partial charge >= 0.3 is 0 Å². The molecule has 102 valence electrons. The smallest absolute Gasteiger partial charge is 0.255 e. The first-order valence-electron chi connectivity index (χ1n) is 7.37. The molecule has 4 nitrogen and oxygen atoms in total. The maximum atomic E-state index is 11.8. The lowest BCUT2D eigenvalue weighted by atomic mass is 9.97. The molecule has 0 fully saturated rings. The summed E-state index contributed by atoms with van der Waals surface area (Å²) in [5.74, 6) is 0.641. The normalized spacial score (nSPS) is 18.0. The monoisotopic (exact) mass is 259 g/mol. The fraction of sp³-hybridized carbons (Fsp3) is 0.600. The Bertz CT molecular complexity index is 545. The Balaban J connectivity index is 1.60. The summed E-state index contributed by atoms with van der Waals surface area (Å²) in [4.78, 5) is 19.2. The summed E-state index contributed by atoms with van der Waals surface area (Å²) in [7, 11) is 0. The first-order chi connectivity index (χ1) is 9.33. The Morgan fingerprint density at radius 1 is 1.21 bits per heavy atom. The first-order valence-corrected chi connectivity index (χ1v) is 7.37. The topological polar surface area (TPSA) is 57.8 Å². The molecule has 1 aromatic heterocycles. The Hall–Kier alpha value is -1.58. The van der Waals surface area contributed by atoms with Crippen molar-refractivity contribution in [2.24, 2.45) is 0 Å². The molecular formula is C15H21N3O. The van der Waals surface area contributed by atoms with Gasteiger partial charge in [0.25, 0.3) is 5.56 Å². The second kappa shape index (κ2) is 5.59. The summed E-state index contributed by atoms with van der Waals surface area (Å²) in [6, 6.07) is 0. The van der Waals surface area contributed by atoms with E-state index in [-0.39, 0.29) is 5.56 Å². The Morgan fingerprint density at radius 3 is 3.00 bits per heavy atom. The zero-order valence-corrected chi connectivity index (χ0v) is 11.3. The third kappa shape index (κ3) is 2.88. The summed E-state index contributed by atoms with van der Waals surface area (Å²) in [6.07, 6.45) is 11.4. The molecule has 0 saturated heterocycles. The lowest BCUT2D eigenvalue weighted by Crippen LogP contribution is -2.18. The molecule has 0 amide bonds. The molecule has 4 heteroatoms. The van der Waals surface area contributed by atoms with Gasteiger partial charge in [0.1, 0.15) is 0 Å². The van der Waals surface area contributed by atoms with Gasteiger partial charge in [-0.15, -0.1) is 0 Å². The summed E-state index contributed by atoms with van der Waals surface area (Å²) < 4.78 is 0. The van der Waals surface area contributed by atoms with Crippen molar-refractivity contribution in [2.75, 3.05) is 11.9 Å². The molecule has 1 aromatic rings. The van der Waals surface area contributed by atoms with Gasteiger partial charge in [-0.25, -0.2) is 4.98 Å². The molecule has 0 unspecified atom stereocenters. The minimum absolute atomic E-state index is 0.0434. The molecular weight excluding hydrogens is 238 g/mol. The van der Waals surface area contributed by atoms with Gasteiger partial charge in [0.05, 0.1) is 5.69 Å². The summed E-state index contributed by atoms with van der Waals surface area (Å²) in [5, 5.41) is 3.25. The van der Waals surface area contributed by atoms with Crippen LogP contribution in [0.1, 0.15) is 49.8 Å². The highest BCUT2D eigenvalue weighted by atomic mass is 16.1. The van der Waals surface area contributed by atoms with E-state index in [2.05, 4.69) is 21.4 Å². The van der Waals surface area contributed by atoms with Gasteiger partial charge in [0, 0.05) is 12.1 Å². The van der Waals surface area contributed by atoms with Crippen molar-refractivity contribution in [3.05, 3.63) is 33.3 Å². The highest BCUT2D eigenvalue weighted by Crippen LogP contribution is 2.20. The van der Waals surface area contributed by atoms with E-state index in [1.165, 1.54) is 25.7 Å². The first kappa shape index (κ1) is 12.5. The number of H-pyrrole nitrogens is 1. The molecule has 0 radical (unpaired) electrons. The number of nitrogens with one attached hydrogen (secondary N) is 2. The minimum Gasteiger partial charge on any atom is -0.355 e. The molecule has 2 aliphatic carbocycles. The second-order valence-corrected chi connectivity index (χ2v) is 5.48. The number of allylic oxidation sites excluding steroid dienone is 1. The maximum Gasteiger partial charge on any atom is 0.255 e. The number of nitrogens with zero attached hydrogens (tertiary/aromatic N) is 1. The third-order valence-electron chi connectivity index (χ3n) is 4.07. The predicted octanol–water partition coefficient (Wildman–Crippen LogP) is 2.56. The zero-order valence-electron chi connectivity index (χ0n) is 11.3. The molecule has 19 heavy (non-hydrogen) atoms. The number of rotatable bonds is 4. The number of anilines is 1. The largest absolute Gasteiger partial charge is 0.355 e. The maximum absolute atomic E-state index is 11.8. The van der Waals surface area contributed by atoms with Crippen LogP contribution in [0.2, 0.25) is 0 Å².